The fourth-order valence-electron chi connectivity index (χ4n) is 1.11. The van der Waals surface area contributed by atoms with Crippen molar-refractivity contribution >= 4 is 11.7 Å². The highest BCUT2D eigenvalue weighted by Crippen LogP contribution is 2.23. The van der Waals surface area contributed by atoms with Crippen LogP contribution in [0, 0.1) is 21.4 Å². The fourth-order valence-corrected chi connectivity index (χ4v) is 1.11. The zero-order valence-electron chi connectivity index (χ0n) is 7.76. The second kappa shape index (κ2) is 4.19. The van der Waals surface area contributed by atoms with Crippen molar-refractivity contribution in [2.45, 2.75) is 0 Å². The van der Waals surface area contributed by atoms with E-state index in [1.807, 2.05) is 0 Å². The van der Waals surface area contributed by atoms with Crippen molar-refractivity contribution in [3.63, 3.8) is 0 Å². The summed E-state index contributed by atoms with van der Waals surface area (Å²) in [6, 6.07) is 5.54. The number of rotatable bonds is 2. The molecule has 0 saturated carbocycles. The maximum Gasteiger partial charge on any atom is 0.344 e. The summed E-state index contributed by atoms with van der Waals surface area (Å²) >= 11 is 0. The van der Waals surface area contributed by atoms with E-state index < -0.39 is 16.6 Å². The minimum atomic E-state index is -0.834. The first kappa shape index (κ1) is 10.7. The van der Waals surface area contributed by atoms with Gasteiger partial charge in [-0.15, -0.1) is 0 Å². The molecule has 0 atom stereocenters. The molecule has 1 aromatic rings. The Balaban J connectivity index is 3.47. The molecule has 1 rings (SSSR count). The van der Waals surface area contributed by atoms with Gasteiger partial charge in [0.2, 0.25) is 0 Å². The minimum Gasteiger partial charge on any atom is -0.465 e. The lowest BCUT2D eigenvalue weighted by Crippen LogP contribution is -2.06. The van der Waals surface area contributed by atoms with Gasteiger partial charge in [0.1, 0.15) is 17.2 Å². The van der Waals surface area contributed by atoms with Crippen LogP contribution in [0.3, 0.4) is 0 Å². The number of para-hydroxylation sites is 1. The van der Waals surface area contributed by atoms with Crippen LogP contribution in [0.1, 0.15) is 15.9 Å². The first-order chi connectivity index (χ1) is 7.11. The fraction of sp³-hybridized carbons (Fsp3) is 0.111. The van der Waals surface area contributed by atoms with Crippen LogP contribution in [-0.2, 0) is 4.74 Å². The molecular weight excluding hydrogens is 200 g/mol. The quantitative estimate of drug-likeness (QED) is 0.412. The van der Waals surface area contributed by atoms with Gasteiger partial charge in [-0.2, -0.15) is 5.26 Å². The van der Waals surface area contributed by atoms with Crippen LogP contribution in [0.15, 0.2) is 18.2 Å². The number of ether oxygens (including phenoxy) is 1. The molecule has 15 heavy (non-hydrogen) atoms. The summed E-state index contributed by atoms with van der Waals surface area (Å²) in [4.78, 5) is 21.1. The van der Waals surface area contributed by atoms with Gasteiger partial charge >= 0.3 is 11.7 Å². The summed E-state index contributed by atoms with van der Waals surface area (Å²) in [7, 11) is 1.12. The van der Waals surface area contributed by atoms with E-state index in [4.69, 9.17) is 5.26 Å². The van der Waals surface area contributed by atoms with Gasteiger partial charge in [0.25, 0.3) is 0 Å². The third kappa shape index (κ3) is 1.91. The molecule has 0 spiro atoms. The van der Waals surface area contributed by atoms with Crippen molar-refractivity contribution < 1.29 is 14.5 Å². The molecule has 0 aliphatic heterocycles. The van der Waals surface area contributed by atoms with Crippen molar-refractivity contribution in [2.75, 3.05) is 7.11 Å². The summed E-state index contributed by atoms with van der Waals surface area (Å²) in [5.41, 5.74) is -0.906. The zero-order valence-corrected chi connectivity index (χ0v) is 7.76. The van der Waals surface area contributed by atoms with Crippen molar-refractivity contribution in [3.05, 3.63) is 39.4 Å². The molecule has 6 heteroatoms. The molecule has 6 nitrogen and oxygen atoms in total. The normalized spacial score (nSPS) is 9.07. The molecule has 0 amide bonds. The largest absolute Gasteiger partial charge is 0.465 e. The number of carbonyl (C=O) groups is 1. The highest BCUT2D eigenvalue weighted by molar-refractivity contribution is 5.94. The summed E-state index contributed by atoms with van der Waals surface area (Å²) in [5.74, 6) is -0.834. The lowest BCUT2D eigenvalue weighted by atomic mass is 10.1. The molecule has 0 unspecified atom stereocenters. The van der Waals surface area contributed by atoms with E-state index in [-0.39, 0.29) is 11.1 Å². The van der Waals surface area contributed by atoms with Crippen molar-refractivity contribution in [1.29, 1.82) is 5.26 Å². The van der Waals surface area contributed by atoms with Crippen molar-refractivity contribution in [3.8, 4) is 6.07 Å². The Kier molecular flexibility index (Phi) is 2.98. The predicted octanol–water partition coefficient (Wildman–Crippen LogP) is 1.25. The second-order valence-corrected chi connectivity index (χ2v) is 2.56. The van der Waals surface area contributed by atoms with Crippen molar-refractivity contribution in [1.82, 2.24) is 0 Å². The summed E-state index contributed by atoms with van der Waals surface area (Å²) in [6.45, 7) is 0. The molecule has 0 saturated heterocycles. The molecule has 0 aromatic heterocycles. The highest BCUT2D eigenvalue weighted by Gasteiger charge is 2.24. The van der Waals surface area contributed by atoms with E-state index in [0.717, 1.165) is 7.11 Å². The predicted molar refractivity (Wildman–Crippen MR) is 49.2 cm³/mol. The van der Waals surface area contributed by atoms with E-state index in [1.165, 1.54) is 18.2 Å². The van der Waals surface area contributed by atoms with E-state index in [1.54, 1.807) is 6.07 Å². The average Bonchev–Trinajstić information content (AvgIpc) is 2.26. The Morgan fingerprint density at radius 2 is 2.27 bits per heavy atom. The number of hydrogen-bond donors (Lipinski definition) is 0. The van der Waals surface area contributed by atoms with Gasteiger partial charge in [0, 0.05) is 0 Å². The van der Waals surface area contributed by atoms with Gasteiger partial charge in [-0.05, 0) is 12.1 Å². The van der Waals surface area contributed by atoms with Crippen molar-refractivity contribution in [2.24, 2.45) is 0 Å². The van der Waals surface area contributed by atoms with Gasteiger partial charge in [-0.1, -0.05) is 6.07 Å². The Labute approximate surface area is 84.8 Å². The van der Waals surface area contributed by atoms with E-state index in [2.05, 4.69) is 4.74 Å². The number of nitro groups is 1. The number of methoxy groups -OCH3 is 1. The number of nitrogens with zero attached hydrogens (tertiary/aromatic N) is 2. The Morgan fingerprint density at radius 3 is 2.73 bits per heavy atom. The zero-order chi connectivity index (χ0) is 11.4. The lowest BCUT2D eigenvalue weighted by Gasteiger charge is -2.01. The van der Waals surface area contributed by atoms with Crippen LogP contribution in [-0.4, -0.2) is 18.0 Å². The molecule has 76 valence electrons. The first-order valence-electron chi connectivity index (χ1n) is 3.87. The van der Waals surface area contributed by atoms with E-state index in [0.29, 0.717) is 0 Å². The number of benzene rings is 1. The smallest absolute Gasteiger partial charge is 0.344 e. The third-order valence-electron chi connectivity index (χ3n) is 1.74. The van der Waals surface area contributed by atoms with Crippen LogP contribution < -0.4 is 0 Å². The van der Waals surface area contributed by atoms with Crippen LogP contribution in [0.25, 0.3) is 0 Å². The van der Waals surface area contributed by atoms with E-state index >= 15 is 0 Å². The molecule has 1 aromatic carbocycles. The topological polar surface area (TPSA) is 93.2 Å². The number of nitriles is 1. The van der Waals surface area contributed by atoms with Crippen LogP contribution >= 0.6 is 0 Å². The number of esters is 1. The standard InChI is InChI=1S/C9H6N2O4/c1-15-9(12)7-4-2-3-6(5-10)8(7)11(13)14/h2-4H,1H3. The Bertz CT molecular complexity index is 462. The maximum absolute atomic E-state index is 11.2. The van der Waals surface area contributed by atoms with Gasteiger partial charge < -0.3 is 4.74 Å². The van der Waals surface area contributed by atoms with Gasteiger partial charge in [-0.3, -0.25) is 10.1 Å². The van der Waals surface area contributed by atoms with Crippen LogP contribution in [0.4, 0.5) is 5.69 Å². The molecule has 0 heterocycles. The monoisotopic (exact) mass is 206 g/mol. The first-order valence-corrected chi connectivity index (χ1v) is 3.87. The third-order valence-corrected chi connectivity index (χ3v) is 1.74. The summed E-state index contributed by atoms with van der Waals surface area (Å²) in [5, 5.41) is 19.3. The maximum atomic E-state index is 11.2. The van der Waals surface area contributed by atoms with Gasteiger partial charge in [-0.25, -0.2) is 4.79 Å². The molecule has 0 bridgehead atoms. The highest BCUT2D eigenvalue weighted by atomic mass is 16.6. The summed E-state index contributed by atoms with van der Waals surface area (Å²) < 4.78 is 4.37. The van der Waals surface area contributed by atoms with Gasteiger partial charge in [0.05, 0.1) is 12.0 Å². The SMILES string of the molecule is COC(=O)c1cccc(C#N)c1[N+](=O)[O-]. The number of nitro benzene ring substituents is 1. The number of hydrogen-bond acceptors (Lipinski definition) is 5. The lowest BCUT2D eigenvalue weighted by molar-refractivity contribution is -0.385. The molecular formula is C9H6N2O4. The molecule has 0 N–H and O–H groups in total. The molecule has 0 aliphatic carbocycles. The average molecular weight is 206 g/mol. The molecule has 0 radical (unpaired) electrons. The second-order valence-electron chi connectivity index (χ2n) is 2.56. The van der Waals surface area contributed by atoms with E-state index in [9.17, 15) is 14.9 Å². The Morgan fingerprint density at radius 1 is 1.60 bits per heavy atom. The van der Waals surface area contributed by atoms with Crippen LogP contribution in [0.5, 0.6) is 0 Å². The van der Waals surface area contributed by atoms with Gasteiger partial charge in [0.15, 0.2) is 0 Å². The number of carbonyl (C=O) groups excluding carboxylic acids is 1. The Hall–Kier alpha value is -2.42. The summed E-state index contributed by atoms with van der Waals surface area (Å²) in [6.07, 6.45) is 0. The minimum absolute atomic E-state index is 0.164. The molecule has 0 fully saturated rings. The molecule has 0 aliphatic rings. The van der Waals surface area contributed by atoms with Crippen LogP contribution in [0.2, 0.25) is 0 Å².